The third kappa shape index (κ3) is 3.22. The van der Waals surface area contributed by atoms with Crippen LogP contribution in [-0.2, 0) is 6.54 Å². The van der Waals surface area contributed by atoms with E-state index in [1.54, 1.807) is 11.0 Å². The Hall–Kier alpha value is -2.34. The number of hydrogen-bond donors (Lipinski definition) is 2. The van der Waals surface area contributed by atoms with Crippen molar-refractivity contribution in [2.75, 3.05) is 6.54 Å². The van der Waals surface area contributed by atoms with Crippen LogP contribution in [0.5, 0.6) is 0 Å². The normalized spacial score (nSPS) is 14.5. The second-order valence-corrected chi connectivity index (χ2v) is 6.26. The third-order valence-corrected chi connectivity index (χ3v) is 4.40. The molecular weight excluding hydrogens is 360 g/mol. The number of carbonyl (C=O) groups is 2. The molecule has 5 nitrogen and oxygen atoms in total. The first-order valence-electron chi connectivity index (χ1n) is 7.17. The number of nitrogens with zero attached hydrogens (tertiary/aromatic N) is 1. The lowest BCUT2D eigenvalue weighted by Gasteiger charge is -2.28. The molecule has 0 aliphatic carbocycles. The predicted molar refractivity (Wildman–Crippen MR) is 89.2 cm³/mol. The maximum atomic E-state index is 12.7. The average molecular weight is 375 g/mol. The zero-order valence-electron chi connectivity index (χ0n) is 12.2. The topological polar surface area (TPSA) is 69.6 Å². The molecule has 1 aliphatic rings. The molecule has 6 heteroatoms. The molecule has 0 unspecified atom stereocenters. The summed E-state index contributed by atoms with van der Waals surface area (Å²) in [5, 5.41) is 11.3. The molecule has 2 N–H and O–H groups in total. The minimum absolute atomic E-state index is 0.0754. The first-order valence-corrected chi connectivity index (χ1v) is 7.96. The molecule has 2 aromatic carbocycles. The van der Waals surface area contributed by atoms with Crippen LogP contribution < -0.4 is 5.32 Å². The minimum atomic E-state index is -1.10. The van der Waals surface area contributed by atoms with Crippen LogP contribution in [0.2, 0.25) is 0 Å². The highest BCUT2D eigenvalue weighted by molar-refractivity contribution is 9.10. The number of carboxylic acid groups (broad SMARTS) is 1. The molecule has 2 amide bonds. The van der Waals surface area contributed by atoms with E-state index in [0.29, 0.717) is 12.1 Å². The summed E-state index contributed by atoms with van der Waals surface area (Å²) in [7, 11) is 0. The fourth-order valence-electron chi connectivity index (χ4n) is 2.83. The van der Waals surface area contributed by atoms with Gasteiger partial charge in [0.25, 0.3) is 5.91 Å². The molecule has 1 heterocycles. The van der Waals surface area contributed by atoms with Crippen molar-refractivity contribution >= 4 is 27.9 Å². The van der Waals surface area contributed by atoms with Crippen LogP contribution in [0.1, 0.15) is 27.5 Å². The fraction of sp³-hybridized carbons (Fsp3) is 0.176. The first-order chi connectivity index (χ1) is 11.1. The van der Waals surface area contributed by atoms with Gasteiger partial charge in [0.05, 0.1) is 6.04 Å². The predicted octanol–water partition coefficient (Wildman–Crippen LogP) is 3.41. The quantitative estimate of drug-likeness (QED) is 0.861. The minimum Gasteiger partial charge on any atom is -0.465 e. The Bertz CT molecular complexity index is 749. The van der Waals surface area contributed by atoms with Gasteiger partial charge in [0.2, 0.25) is 0 Å². The molecule has 0 aromatic heterocycles. The summed E-state index contributed by atoms with van der Waals surface area (Å²) in [4.78, 5) is 25.3. The summed E-state index contributed by atoms with van der Waals surface area (Å²) in [5.74, 6) is -0.0754. The molecule has 1 atom stereocenters. The Morgan fingerprint density at radius 2 is 2.00 bits per heavy atom. The third-order valence-electron chi connectivity index (χ3n) is 3.91. The fourth-order valence-corrected chi connectivity index (χ4v) is 3.24. The number of carbonyl (C=O) groups excluding carboxylic acids is 1. The molecule has 2 aromatic rings. The highest BCUT2D eigenvalue weighted by atomic mass is 79.9. The summed E-state index contributed by atoms with van der Waals surface area (Å²) >= 11 is 3.42. The standard InChI is InChI=1S/C17H15BrN2O3/c18-13-6-7-14-12(8-13)10-20(16(14)21)15(9-19-17(22)23)11-4-2-1-3-5-11/h1-8,15,19H,9-10H2,(H,22,23)/t15-/m0/s1. The number of fused-ring (bicyclic) bond motifs is 1. The molecule has 0 radical (unpaired) electrons. The van der Waals surface area contributed by atoms with Crippen molar-refractivity contribution in [1.29, 1.82) is 0 Å². The van der Waals surface area contributed by atoms with Gasteiger partial charge in [0.1, 0.15) is 0 Å². The van der Waals surface area contributed by atoms with Crippen molar-refractivity contribution in [3.63, 3.8) is 0 Å². The van der Waals surface area contributed by atoms with Crippen LogP contribution >= 0.6 is 15.9 Å². The summed E-state index contributed by atoms with van der Waals surface area (Å²) in [6.07, 6.45) is -1.10. The molecular formula is C17H15BrN2O3. The van der Waals surface area contributed by atoms with Crippen LogP contribution in [0.15, 0.2) is 53.0 Å². The van der Waals surface area contributed by atoms with E-state index in [1.807, 2.05) is 42.5 Å². The van der Waals surface area contributed by atoms with Gasteiger partial charge >= 0.3 is 6.09 Å². The second kappa shape index (κ2) is 6.42. The highest BCUT2D eigenvalue weighted by Gasteiger charge is 2.33. The number of rotatable bonds is 4. The lowest BCUT2D eigenvalue weighted by molar-refractivity contribution is 0.0697. The Morgan fingerprint density at radius 3 is 2.70 bits per heavy atom. The molecule has 0 saturated carbocycles. The van der Waals surface area contributed by atoms with E-state index in [0.717, 1.165) is 15.6 Å². The van der Waals surface area contributed by atoms with Crippen LogP contribution in [0.3, 0.4) is 0 Å². The molecule has 1 aliphatic heterocycles. The van der Waals surface area contributed by atoms with Gasteiger partial charge in [-0.2, -0.15) is 0 Å². The average Bonchev–Trinajstić information content (AvgIpc) is 2.84. The Labute approximate surface area is 142 Å². The molecule has 23 heavy (non-hydrogen) atoms. The number of amides is 2. The van der Waals surface area contributed by atoms with Gasteiger partial charge < -0.3 is 15.3 Å². The van der Waals surface area contributed by atoms with Crippen LogP contribution in [0.4, 0.5) is 4.79 Å². The van der Waals surface area contributed by atoms with Gasteiger partial charge in [-0.15, -0.1) is 0 Å². The lowest BCUT2D eigenvalue weighted by Crippen LogP contribution is -2.37. The first kappa shape index (κ1) is 15.6. The van der Waals surface area contributed by atoms with E-state index < -0.39 is 6.09 Å². The van der Waals surface area contributed by atoms with E-state index >= 15 is 0 Å². The molecule has 0 bridgehead atoms. The van der Waals surface area contributed by atoms with E-state index in [9.17, 15) is 9.59 Å². The second-order valence-electron chi connectivity index (χ2n) is 5.35. The Morgan fingerprint density at radius 1 is 1.26 bits per heavy atom. The summed E-state index contributed by atoms with van der Waals surface area (Å²) in [6, 6.07) is 14.7. The van der Waals surface area contributed by atoms with Crippen LogP contribution in [-0.4, -0.2) is 28.6 Å². The summed E-state index contributed by atoms with van der Waals surface area (Å²) in [6.45, 7) is 0.620. The van der Waals surface area contributed by atoms with Crippen LogP contribution in [0.25, 0.3) is 0 Å². The largest absolute Gasteiger partial charge is 0.465 e. The smallest absolute Gasteiger partial charge is 0.404 e. The van der Waals surface area contributed by atoms with Crippen molar-refractivity contribution in [3.05, 3.63) is 69.7 Å². The van der Waals surface area contributed by atoms with E-state index in [1.165, 1.54) is 0 Å². The van der Waals surface area contributed by atoms with Gasteiger partial charge in [-0.25, -0.2) is 4.79 Å². The number of halogens is 1. The molecule has 0 saturated heterocycles. The van der Waals surface area contributed by atoms with Gasteiger partial charge in [-0.1, -0.05) is 46.3 Å². The number of benzene rings is 2. The summed E-state index contributed by atoms with van der Waals surface area (Å²) in [5.41, 5.74) is 2.52. The van der Waals surface area contributed by atoms with E-state index in [4.69, 9.17) is 5.11 Å². The highest BCUT2D eigenvalue weighted by Crippen LogP contribution is 2.32. The van der Waals surface area contributed by atoms with Gasteiger partial charge in [0, 0.05) is 23.1 Å². The SMILES string of the molecule is O=C(O)NC[C@@H](c1ccccc1)N1Cc2cc(Br)ccc2C1=O. The molecule has 3 rings (SSSR count). The van der Waals surface area contributed by atoms with Gasteiger partial charge in [-0.05, 0) is 29.3 Å². The molecule has 0 fully saturated rings. The molecule has 118 valence electrons. The Kier molecular flexibility index (Phi) is 4.34. The van der Waals surface area contributed by atoms with E-state index in [-0.39, 0.29) is 18.5 Å². The lowest BCUT2D eigenvalue weighted by atomic mass is 10.1. The zero-order valence-corrected chi connectivity index (χ0v) is 13.8. The van der Waals surface area contributed by atoms with Crippen LogP contribution in [0, 0.1) is 0 Å². The summed E-state index contributed by atoms with van der Waals surface area (Å²) < 4.78 is 0.922. The van der Waals surface area contributed by atoms with Crippen molar-refractivity contribution in [1.82, 2.24) is 10.2 Å². The van der Waals surface area contributed by atoms with Crippen molar-refractivity contribution in [2.24, 2.45) is 0 Å². The zero-order chi connectivity index (χ0) is 16.4. The van der Waals surface area contributed by atoms with Crippen molar-refractivity contribution in [2.45, 2.75) is 12.6 Å². The number of nitrogens with one attached hydrogen (secondary N) is 1. The monoisotopic (exact) mass is 374 g/mol. The van der Waals surface area contributed by atoms with Crippen molar-refractivity contribution in [3.8, 4) is 0 Å². The Balaban J connectivity index is 1.92. The van der Waals surface area contributed by atoms with E-state index in [2.05, 4.69) is 21.2 Å². The van der Waals surface area contributed by atoms with Gasteiger partial charge in [-0.3, -0.25) is 4.79 Å². The van der Waals surface area contributed by atoms with Crippen molar-refractivity contribution < 1.29 is 14.7 Å². The maximum Gasteiger partial charge on any atom is 0.404 e. The maximum absolute atomic E-state index is 12.7. The number of hydrogen-bond acceptors (Lipinski definition) is 2. The molecule has 0 spiro atoms. The van der Waals surface area contributed by atoms with Gasteiger partial charge in [0.15, 0.2) is 0 Å².